The average molecular weight is 388 g/mol. The predicted octanol–water partition coefficient (Wildman–Crippen LogP) is 7.29. The van der Waals surface area contributed by atoms with Crippen LogP contribution in [0, 0.1) is 0 Å². The smallest absolute Gasteiger partial charge is 0.139 e. The highest BCUT2D eigenvalue weighted by Crippen LogP contribution is 2.52. The predicted molar refractivity (Wildman–Crippen MR) is 122 cm³/mol. The van der Waals surface area contributed by atoms with Crippen molar-refractivity contribution < 1.29 is 9.47 Å². The van der Waals surface area contributed by atoms with E-state index in [4.69, 9.17) is 9.47 Å². The fourth-order valence-electron chi connectivity index (χ4n) is 4.63. The summed E-state index contributed by atoms with van der Waals surface area (Å²) in [6, 6.07) is 34.1. The first-order chi connectivity index (χ1) is 14.8. The Bertz CT molecular complexity index is 1310. The van der Waals surface area contributed by atoms with Crippen LogP contribution >= 0.6 is 0 Å². The number of methoxy groups -OCH3 is 1. The largest absolute Gasteiger partial charge is 0.497 e. The molecule has 144 valence electrons. The van der Waals surface area contributed by atoms with Gasteiger partial charge in [0.15, 0.2) is 0 Å². The standard InChI is InChI=1S/C28H20O2/c1-29-21-14-10-20(11-15-21)26-24-16-12-18-6-2-4-8-22(18)27(24)30-28-23-9-5-3-7-19(23)13-17-25(26)28/h2-17,26H,1H3. The molecule has 0 spiro atoms. The third-order valence-electron chi connectivity index (χ3n) is 6.10. The lowest BCUT2D eigenvalue weighted by Crippen LogP contribution is -2.12. The lowest BCUT2D eigenvalue weighted by molar-refractivity contribution is 0.414. The van der Waals surface area contributed by atoms with Crippen LogP contribution in [0.5, 0.6) is 17.2 Å². The summed E-state index contributed by atoms with van der Waals surface area (Å²) in [5.74, 6) is 2.88. The highest BCUT2D eigenvalue weighted by atomic mass is 16.5. The molecule has 0 unspecified atom stereocenters. The number of hydrogen-bond donors (Lipinski definition) is 0. The molecule has 30 heavy (non-hydrogen) atoms. The zero-order chi connectivity index (χ0) is 20.1. The van der Waals surface area contributed by atoms with Gasteiger partial charge in [-0.1, -0.05) is 84.9 Å². The van der Waals surface area contributed by atoms with Gasteiger partial charge >= 0.3 is 0 Å². The van der Waals surface area contributed by atoms with Crippen LogP contribution in [0.1, 0.15) is 22.6 Å². The Balaban J connectivity index is 1.67. The molecule has 0 atom stereocenters. The Morgan fingerprint density at radius 1 is 0.600 bits per heavy atom. The number of rotatable bonds is 2. The molecule has 1 aliphatic rings. The monoisotopic (exact) mass is 388 g/mol. The van der Waals surface area contributed by atoms with Gasteiger partial charge in [0.1, 0.15) is 17.2 Å². The molecule has 2 heteroatoms. The van der Waals surface area contributed by atoms with Gasteiger partial charge in [0.05, 0.1) is 7.11 Å². The van der Waals surface area contributed by atoms with E-state index in [1.807, 2.05) is 12.1 Å². The Kier molecular flexibility index (Phi) is 3.78. The second-order valence-electron chi connectivity index (χ2n) is 7.72. The van der Waals surface area contributed by atoms with Crippen molar-refractivity contribution in [2.75, 3.05) is 7.11 Å². The molecule has 0 aromatic heterocycles. The first kappa shape index (κ1) is 17.1. The highest BCUT2D eigenvalue weighted by molar-refractivity contribution is 5.95. The minimum absolute atomic E-state index is 0.101. The molecule has 0 radical (unpaired) electrons. The minimum atomic E-state index is 0.101. The summed E-state index contributed by atoms with van der Waals surface area (Å²) in [6.45, 7) is 0. The Morgan fingerprint density at radius 3 is 1.67 bits per heavy atom. The van der Waals surface area contributed by atoms with Crippen LogP contribution in [0.4, 0.5) is 0 Å². The quantitative estimate of drug-likeness (QED) is 0.310. The Morgan fingerprint density at radius 2 is 1.13 bits per heavy atom. The fraction of sp³-hybridized carbons (Fsp3) is 0.0714. The van der Waals surface area contributed by atoms with Crippen LogP contribution in [0.3, 0.4) is 0 Å². The molecule has 0 bridgehead atoms. The molecule has 0 N–H and O–H groups in total. The normalized spacial score (nSPS) is 13.0. The lowest BCUT2D eigenvalue weighted by Gasteiger charge is -2.30. The average Bonchev–Trinajstić information content (AvgIpc) is 2.82. The summed E-state index contributed by atoms with van der Waals surface area (Å²) >= 11 is 0. The summed E-state index contributed by atoms with van der Waals surface area (Å²) < 4.78 is 12.1. The molecule has 0 aliphatic carbocycles. The first-order valence-corrected chi connectivity index (χ1v) is 10.2. The Labute approximate surface area is 175 Å². The van der Waals surface area contributed by atoms with Crippen LogP contribution in [-0.4, -0.2) is 7.11 Å². The van der Waals surface area contributed by atoms with Crippen LogP contribution in [-0.2, 0) is 0 Å². The van der Waals surface area contributed by atoms with Gasteiger partial charge in [-0.3, -0.25) is 0 Å². The molecule has 0 fully saturated rings. The van der Waals surface area contributed by atoms with Crippen molar-refractivity contribution in [3.8, 4) is 17.2 Å². The van der Waals surface area contributed by atoms with E-state index in [-0.39, 0.29) is 5.92 Å². The summed E-state index contributed by atoms with van der Waals surface area (Å²) in [6.07, 6.45) is 0. The summed E-state index contributed by atoms with van der Waals surface area (Å²) in [4.78, 5) is 0. The van der Waals surface area contributed by atoms with E-state index in [0.717, 1.165) is 28.0 Å². The van der Waals surface area contributed by atoms with Gasteiger partial charge in [0.25, 0.3) is 0 Å². The van der Waals surface area contributed by atoms with Gasteiger partial charge in [-0.05, 0) is 28.5 Å². The molecule has 5 aromatic carbocycles. The van der Waals surface area contributed by atoms with Gasteiger partial charge in [-0.2, -0.15) is 0 Å². The summed E-state index contributed by atoms with van der Waals surface area (Å²) in [5, 5.41) is 4.67. The molecule has 0 amide bonds. The van der Waals surface area contributed by atoms with Gasteiger partial charge in [-0.25, -0.2) is 0 Å². The van der Waals surface area contributed by atoms with Crippen LogP contribution in [0.15, 0.2) is 97.1 Å². The first-order valence-electron chi connectivity index (χ1n) is 10.2. The van der Waals surface area contributed by atoms with Crippen molar-refractivity contribution in [2.45, 2.75) is 5.92 Å². The van der Waals surface area contributed by atoms with Gasteiger partial charge in [-0.15, -0.1) is 0 Å². The van der Waals surface area contributed by atoms with Crippen molar-refractivity contribution in [3.05, 3.63) is 114 Å². The maximum atomic E-state index is 6.68. The van der Waals surface area contributed by atoms with Crippen molar-refractivity contribution in [3.63, 3.8) is 0 Å². The molecule has 5 aromatic rings. The molecule has 1 heterocycles. The number of ether oxygens (including phenoxy) is 2. The fourth-order valence-corrected chi connectivity index (χ4v) is 4.63. The summed E-state index contributed by atoms with van der Waals surface area (Å²) in [7, 11) is 1.70. The maximum absolute atomic E-state index is 6.68. The third-order valence-corrected chi connectivity index (χ3v) is 6.10. The molecular weight excluding hydrogens is 368 g/mol. The molecule has 0 saturated heterocycles. The van der Waals surface area contributed by atoms with Crippen LogP contribution in [0.2, 0.25) is 0 Å². The number of benzene rings is 5. The Hall–Kier alpha value is -3.78. The lowest BCUT2D eigenvalue weighted by atomic mass is 9.80. The van der Waals surface area contributed by atoms with E-state index in [2.05, 4.69) is 84.9 Å². The van der Waals surface area contributed by atoms with Crippen molar-refractivity contribution >= 4 is 21.5 Å². The van der Waals surface area contributed by atoms with Crippen molar-refractivity contribution in [1.29, 1.82) is 0 Å². The zero-order valence-corrected chi connectivity index (χ0v) is 16.6. The maximum Gasteiger partial charge on any atom is 0.139 e. The van der Waals surface area contributed by atoms with Crippen molar-refractivity contribution in [2.24, 2.45) is 0 Å². The molecular formula is C28H20O2. The zero-order valence-electron chi connectivity index (χ0n) is 16.6. The number of fused-ring (bicyclic) bond motifs is 6. The van der Waals surface area contributed by atoms with Crippen molar-refractivity contribution in [1.82, 2.24) is 0 Å². The minimum Gasteiger partial charge on any atom is -0.497 e. The van der Waals surface area contributed by atoms with Gasteiger partial charge < -0.3 is 9.47 Å². The summed E-state index contributed by atoms with van der Waals surface area (Å²) in [5.41, 5.74) is 3.62. The van der Waals surface area contributed by atoms with E-state index < -0.39 is 0 Å². The van der Waals surface area contributed by atoms with Crippen LogP contribution < -0.4 is 9.47 Å². The molecule has 1 aliphatic heterocycles. The second kappa shape index (κ2) is 6.64. The van der Waals surface area contributed by atoms with Crippen LogP contribution in [0.25, 0.3) is 21.5 Å². The second-order valence-corrected chi connectivity index (χ2v) is 7.72. The van der Waals surface area contributed by atoms with E-state index in [1.165, 1.54) is 27.5 Å². The van der Waals surface area contributed by atoms with E-state index in [0.29, 0.717) is 0 Å². The van der Waals surface area contributed by atoms with Gasteiger partial charge in [0, 0.05) is 27.8 Å². The SMILES string of the molecule is COc1ccc(C2c3ccc4ccccc4c3Oc3c2ccc2ccccc32)cc1. The van der Waals surface area contributed by atoms with E-state index in [1.54, 1.807) is 7.11 Å². The highest BCUT2D eigenvalue weighted by Gasteiger charge is 2.31. The molecule has 2 nitrogen and oxygen atoms in total. The molecule has 0 saturated carbocycles. The topological polar surface area (TPSA) is 18.5 Å². The van der Waals surface area contributed by atoms with E-state index in [9.17, 15) is 0 Å². The number of hydrogen-bond acceptors (Lipinski definition) is 2. The third kappa shape index (κ3) is 2.50. The van der Waals surface area contributed by atoms with Gasteiger partial charge in [0.2, 0.25) is 0 Å². The van der Waals surface area contributed by atoms with E-state index >= 15 is 0 Å². The molecule has 6 rings (SSSR count).